The molecule has 1 unspecified atom stereocenters. The van der Waals surface area contributed by atoms with Crippen molar-refractivity contribution in [1.82, 2.24) is 10.2 Å². The number of aromatic nitrogens is 2. The van der Waals surface area contributed by atoms with Gasteiger partial charge < -0.3 is 0 Å². The molecule has 22 heavy (non-hydrogen) atoms. The van der Waals surface area contributed by atoms with Gasteiger partial charge in [-0.05, 0) is 18.6 Å². The highest BCUT2D eigenvalue weighted by atomic mass is 15.3. The predicted octanol–water partition coefficient (Wildman–Crippen LogP) is 3.99. The standard InChI is InChI=1S/C18H16N4/c1-13-11-17(21-20-13)22-16-10-6-5-9-15(16)12-19-18(22)14-7-3-2-4-8-14/h2-12,18H,1H3,(H,20,21). The molecule has 108 valence electrons. The Balaban J connectivity index is 1.88. The summed E-state index contributed by atoms with van der Waals surface area (Å²) in [7, 11) is 0. The van der Waals surface area contributed by atoms with Gasteiger partial charge >= 0.3 is 0 Å². The first-order valence-electron chi connectivity index (χ1n) is 7.31. The maximum Gasteiger partial charge on any atom is 0.157 e. The largest absolute Gasteiger partial charge is 0.297 e. The van der Waals surface area contributed by atoms with Gasteiger partial charge in [-0.2, -0.15) is 5.10 Å². The Kier molecular flexibility index (Phi) is 3.00. The molecule has 0 aliphatic carbocycles. The molecule has 0 bridgehead atoms. The van der Waals surface area contributed by atoms with Crippen molar-refractivity contribution in [2.45, 2.75) is 13.1 Å². The van der Waals surface area contributed by atoms with Gasteiger partial charge in [0.25, 0.3) is 0 Å². The molecule has 1 aliphatic heterocycles. The molecule has 1 atom stereocenters. The molecule has 1 aliphatic rings. The molecule has 3 aromatic rings. The summed E-state index contributed by atoms with van der Waals surface area (Å²) in [6.45, 7) is 2.01. The van der Waals surface area contributed by atoms with E-state index in [2.05, 4.69) is 39.4 Å². The number of hydrogen-bond acceptors (Lipinski definition) is 3. The molecular formula is C18H16N4. The SMILES string of the molecule is Cc1cc(N2c3ccccc3C=NC2c2ccccc2)n[nH]1. The molecule has 0 saturated heterocycles. The molecule has 1 N–H and O–H groups in total. The number of nitrogens with zero attached hydrogens (tertiary/aromatic N) is 3. The van der Waals surface area contributed by atoms with Crippen LogP contribution in [-0.4, -0.2) is 16.4 Å². The second-order valence-electron chi connectivity index (χ2n) is 5.40. The number of benzene rings is 2. The fourth-order valence-electron chi connectivity index (χ4n) is 2.80. The average molecular weight is 288 g/mol. The minimum Gasteiger partial charge on any atom is -0.297 e. The van der Waals surface area contributed by atoms with Crippen LogP contribution in [0.25, 0.3) is 0 Å². The average Bonchev–Trinajstić information content (AvgIpc) is 3.00. The first-order valence-corrected chi connectivity index (χ1v) is 7.31. The Morgan fingerprint density at radius 1 is 1.00 bits per heavy atom. The van der Waals surface area contributed by atoms with Crippen molar-refractivity contribution in [2.75, 3.05) is 4.90 Å². The van der Waals surface area contributed by atoms with Crippen LogP contribution in [-0.2, 0) is 0 Å². The van der Waals surface area contributed by atoms with Crippen molar-refractivity contribution in [3.63, 3.8) is 0 Å². The van der Waals surface area contributed by atoms with Gasteiger partial charge in [0.2, 0.25) is 0 Å². The van der Waals surface area contributed by atoms with Crippen LogP contribution in [0.2, 0.25) is 0 Å². The number of hydrogen-bond donors (Lipinski definition) is 1. The lowest BCUT2D eigenvalue weighted by Crippen LogP contribution is -2.26. The normalized spacial score (nSPS) is 16.6. The fraction of sp³-hybridized carbons (Fsp3) is 0.111. The number of aromatic amines is 1. The highest BCUT2D eigenvalue weighted by molar-refractivity contribution is 5.92. The number of anilines is 2. The molecule has 4 heteroatoms. The maximum atomic E-state index is 4.76. The van der Waals surface area contributed by atoms with E-state index < -0.39 is 0 Å². The summed E-state index contributed by atoms with van der Waals surface area (Å²) in [5.41, 5.74) is 4.41. The smallest absolute Gasteiger partial charge is 0.157 e. The zero-order chi connectivity index (χ0) is 14.9. The van der Waals surface area contributed by atoms with E-state index in [1.54, 1.807) is 0 Å². The van der Waals surface area contributed by atoms with E-state index in [4.69, 9.17) is 4.99 Å². The fourth-order valence-corrected chi connectivity index (χ4v) is 2.80. The summed E-state index contributed by atoms with van der Waals surface area (Å²) in [6, 6.07) is 20.6. The van der Waals surface area contributed by atoms with E-state index in [-0.39, 0.29) is 6.17 Å². The lowest BCUT2D eigenvalue weighted by Gasteiger charge is -2.33. The van der Waals surface area contributed by atoms with Gasteiger partial charge in [-0.15, -0.1) is 0 Å². The Bertz CT molecular complexity index is 820. The third-order valence-corrected chi connectivity index (χ3v) is 3.83. The van der Waals surface area contributed by atoms with Crippen LogP contribution in [0, 0.1) is 6.92 Å². The van der Waals surface area contributed by atoms with Gasteiger partial charge in [-0.3, -0.25) is 15.0 Å². The van der Waals surface area contributed by atoms with E-state index in [1.807, 2.05) is 49.5 Å². The van der Waals surface area contributed by atoms with Crippen LogP contribution < -0.4 is 4.90 Å². The summed E-state index contributed by atoms with van der Waals surface area (Å²) in [5, 5.41) is 7.47. The number of para-hydroxylation sites is 1. The van der Waals surface area contributed by atoms with E-state index in [0.717, 1.165) is 28.3 Å². The van der Waals surface area contributed by atoms with E-state index in [0.29, 0.717) is 0 Å². The molecule has 0 amide bonds. The van der Waals surface area contributed by atoms with Crippen molar-refractivity contribution in [2.24, 2.45) is 4.99 Å². The number of nitrogens with one attached hydrogen (secondary N) is 1. The molecule has 0 radical (unpaired) electrons. The van der Waals surface area contributed by atoms with Gasteiger partial charge in [0.15, 0.2) is 12.0 Å². The highest BCUT2D eigenvalue weighted by Gasteiger charge is 2.27. The minimum absolute atomic E-state index is 0.0983. The van der Waals surface area contributed by atoms with Crippen molar-refractivity contribution in [1.29, 1.82) is 0 Å². The molecule has 1 aromatic heterocycles. The molecule has 2 heterocycles. The molecule has 4 rings (SSSR count). The number of aryl methyl sites for hydroxylation is 1. The van der Waals surface area contributed by atoms with Gasteiger partial charge in [-0.25, -0.2) is 0 Å². The summed E-state index contributed by atoms with van der Waals surface area (Å²) >= 11 is 0. The Labute approximate surface area is 129 Å². The second kappa shape index (κ2) is 5.15. The van der Waals surface area contributed by atoms with Gasteiger partial charge in [0.1, 0.15) is 0 Å². The first kappa shape index (κ1) is 12.8. The number of fused-ring (bicyclic) bond motifs is 1. The van der Waals surface area contributed by atoms with Gasteiger partial charge in [0.05, 0.1) is 5.69 Å². The minimum atomic E-state index is -0.0983. The van der Waals surface area contributed by atoms with Crippen molar-refractivity contribution < 1.29 is 0 Å². The molecule has 0 fully saturated rings. The number of H-pyrrole nitrogens is 1. The van der Waals surface area contributed by atoms with E-state index in [9.17, 15) is 0 Å². The lowest BCUT2D eigenvalue weighted by molar-refractivity contribution is 0.722. The van der Waals surface area contributed by atoms with Crippen LogP contribution in [0.1, 0.15) is 23.0 Å². The summed E-state index contributed by atoms with van der Waals surface area (Å²) in [6.07, 6.45) is 1.85. The Morgan fingerprint density at radius 2 is 1.77 bits per heavy atom. The van der Waals surface area contributed by atoms with E-state index in [1.165, 1.54) is 0 Å². The van der Waals surface area contributed by atoms with Gasteiger partial charge in [-0.1, -0.05) is 48.5 Å². The van der Waals surface area contributed by atoms with Crippen LogP contribution in [0.4, 0.5) is 11.5 Å². The molecule has 2 aromatic carbocycles. The third-order valence-electron chi connectivity index (χ3n) is 3.83. The topological polar surface area (TPSA) is 44.3 Å². The van der Waals surface area contributed by atoms with Crippen LogP contribution >= 0.6 is 0 Å². The molecule has 0 spiro atoms. The third kappa shape index (κ3) is 2.09. The number of aliphatic imine (C=N–C) groups is 1. The second-order valence-corrected chi connectivity index (χ2v) is 5.40. The van der Waals surface area contributed by atoms with Crippen molar-refractivity contribution in [3.05, 3.63) is 77.5 Å². The highest BCUT2D eigenvalue weighted by Crippen LogP contribution is 2.39. The zero-order valence-corrected chi connectivity index (χ0v) is 12.3. The molecular weight excluding hydrogens is 272 g/mol. The summed E-state index contributed by atoms with van der Waals surface area (Å²) in [4.78, 5) is 6.93. The van der Waals surface area contributed by atoms with Crippen molar-refractivity contribution in [3.8, 4) is 0 Å². The molecule has 0 saturated carbocycles. The predicted molar refractivity (Wildman–Crippen MR) is 88.7 cm³/mol. The Morgan fingerprint density at radius 3 is 2.55 bits per heavy atom. The van der Waals surface area contributed by atoms with Gasteiger partial charge in [0, 0.05) is 23.5 Å². The Hall–Kier alpha value is -2.88. The molecule has 4 nitrogen and oxygen atoms in total. The quantitative estimate of drug-likeness (QED) is 0.775. The van der Waals surface area contributed by atoms with Crippen LogP contribution in [0.5, 0.6) is 0 Å². The lowest BCUT2D eigenvalue weighted by atomic mass is 10.1. The van der Waals surface area contributed by atoms with Crippen LogP contribution in [0.15, 0.2) is 65.7 Å². The van der Waals surface area contributed by atoms with Crippen LogP contribution in [0.3, 0.4) is 0 Å². The summed E-state index contributed by atoms with van der Waals surface area (Å²) < 4.78 is 0. The van der Waals surface area contributed by atoms with Crippen molar-refractivity contribution >= 4 is 17.7 Å². The number of rotatable bonds is 2. The maximum absolute atomic E-state index is 4.76. The first-order chi connectivity index (χ1) is 10.8. The zero-order valence-electron chi connectivity index (χ0n) is 12.3. The monoisotopic (exact) mass is 288 g/mol. The summed E-state index contributed by atoms with van der Waals surface area (Å²) in [5.74, 6) is 0.885. The van der Waals surface area contributed by atoms with E-state index >= 15 is 0 Å².